The average Bonchev–Trinajstić information content (AvgIpc) is 1.87. The number of aliphatic carboxylic acids is 2. The minimum atomic E-state index is -1.80. The summed E-state index contributed by atoms with van der Waals surface area (Å²) < 4.78 is 0. The Balaban J connectivity index is 4.82. The molecule has 0 aliphatic heterocycles. The normalized spacial score (nSPS) is 11.8. The van der Waals surface area contributed by atoms with Gasteiger partial charge in [-0.3, -0.25) is 9.59 Å². The van der Waals surface area contributed by atoms with Gasteiger partial charge in [-0.25, -0.2) is 0 Å². The zero-order valence-corrected chi connectivity index (χ0v) is 6.37. The summed E-state index contributed by atoms with van der Waals surface area (Å²) in [4.78, 5) is 20.8. The molecule has 0 aromatic rings. The van der Waals surface area contributed by atoms with Gasteiger partial charge in [-0.1, -0.05) is 12.2 Å². The summed E-state index contributed by atoms with van der Waals surface area (Å²) in [7, 11) is 0. The van der Waals surface area contributed by atoms with E-state index >= 15 is 0 Å². The van der Waals surface area contributed by atoms with Gasteiger partial charge < -0.3 is 10.2 Å². The number of hydrogen-bond acceptors (Lipinski definition) is 2. The van der Waals surface area contributed by atoms with E-state index in [1.54, 1.807) is 6.92 Å². The molecule has 0 aliphatic rings. The Morgan fingerprint density at radius 2 is 1.64 bits per heavy atom. The number of carbonyl (C=O) groups is 2. The molecule has 0 saturated carbocycles. The molecule has 4 heteroatoms. The summed E-state index contributed by atoms with van der Waals surface area (Å²) in [6, 6.07) is 0. The molecule has 2 N–H and O–H groups in total. The third kappa shape index (κ3) is 1.80. The molecule has 0 aliphatic carbocycles. The Labute approximate surface area is 64.2 Å². The number of allylic oxidation sites excluding steroid dienone is 1. The molecule has 0 atom stereocenters. The highest BCUT2D eigenvalue weighted by Gasteiger charge is 2.38. The lowest BCUT2D eigenvalue weighted by Crippen LogP contribution is -2.34. The summed E-state index contributed by atoms with van der Waals surface area (Å²) in [5.41, 5.74) is -1.80. The molecule has 0 rings (SSSR count). The second-order valence-corrected chi connectivity index (χ2v) is 2.31. The highest BCUT2D eigenvalue weighted by molar-refractivity contribution is 5.99. The molecular formula is C7H10O4. The van der Waals surface area contributed by atoms with E-state index in [1.165, 1.54) is 6.08 Å². The molecule has 0 radical (unpaired) electrons. The van der Waals surface area contributed by atoms with Gasteiger partial charge in [-0.2, -0.15) is 0 Å². The van der Waals surface area contributed by atoms with E-state index < -0.39 is 17.4 Å². The van der Waals surface area contributed by atoms with Crippen LogP contribution in [0.1, 0.15) is 13.8 Å². The van der Waals surface area contributed by atoms with Crippen LogP contribution in [0.5, 0.6) is 0 Å². The third-order valence-electron chi connectivity index (χ3n) is 1.39. The maximum absolute atomic E-state index is 10.4. The van der Waals surface area contributed by atoms with Crippen LogP contribution in [-0.4, -0.2) is 22.2 Å². The van der Waals surface area contributed by atoms with Crippen molar-refractivity contribution in [2.45, 2.75) is 13.8 Å². The Bertz CT molecular complexity index is 190. The second-order valence-electron chi connectivity index (χ2n) is 2.31. The molecule has 0 aromatic heterocycles. The Kier molecular flexibility index (Phi) is 2.80. The van der Waals surface area contributed by atoms with Gasteiger partial charge in [0.15, 0.2) is 5.41 Å². The minimum absolute atomic E-state index is 1.14. The van der Waals surface area contributed by atoms with Crippen LogP contribution in [0.15, 0.2) is 12.2 Å². The monoisotopic (exact) mass is 158 g/mol. The van der Waals surface area contributed by atoms with E-state index in [4.69, 9.17) is 10.2 Å². The SMILES string of the molecule is C/C=C/C(C)(C(=O)O)C(=O)O. The molecule has 0 aromatic carbocycles. The van der Waals surface area contributed by atoms with Crippen molar-refractivity contribution in [1.29, 1.82) is 0 Å². The van der Waals surface area contributed by atoms with Crippen molar-refractivity contribution >= 4 is 11.9 Å². The topological polar surface area (TPSA) is 74.6 Å². The van der Waals surface area contributed by atoms with Gasteiger partial charge in [-0.15, -0.1) is 0 Å². The zero-order chi connectivity index (χ0) is 9.07. The molecule has 0 heterocycles. The molecule has 0 spiro atoms. The molecule has 0 fully saturated rings. The quantitative estimate of drug-likeness (QED) is 0.469. The van der Waals surface area contributed by atoms with Gasteiger partial charge in [0.1, 0.15) is 0 Å². The highest BCUT2D eigenvalue weighted by Crippen LogP contribution is 2.18. The first-order valence-electron chi connectivity index (χ1n) is 3.05. The lowest BCUT2D eigenvalue weighted by atomic mass is 9.91. The maximum Gasteiger partial charge on any atom is 0.324 e. The van der Waals surface area contributed by atoms with Gasteiger partial charge in [0.05, 0.1) is 0 Å². The van der Waals surface area contributed by atoms with E-state index in [1.807, 2.05) is 0 Å². The number of carboxylic acid groups (broad SMARTS) is 2. The summed E-state index contributed by atoms with van der Waals surface area (Å²) in [5.74, 6) is -2.72. The molecule has 62 valence electrons. The van der Waals surface area contributed by atoms with Crippen LogP contribution in [-0.2, 0) is 9.59 Å². The lowest BCUT2D eigenvalue weighted by molar-refractivity contribution is -0.159. The zero-order valence-electron chi connectivity index (χ0n) is 6.37. The Hall–Kier alpha value is -1.32. The van der Waals surface area contributed by atoms with Crippen molar-refractivity contribution in [3.8, 4) is 0 Å². The van der Waals surface area contributed by atoms with Gasteiger partial charge >= 0.3 is 11.9 Å². The largest absolute Gasteiger partial charge is 0.480 e. The summed E-state index contributed by atoms with van der Waals surface area (Å²) >= 11 is 0. The fraction of sp³-hybridized carbons (Fsp3) is 0.429. The molecular weight excluding hydrogens is 148 g/mol. The molecule has 11 heavy (non-hydrogen) atoms. The number of hydrogen-bond donors (Lipinski definition) is 2. The van der Waals surface area contributed by atoms with Crippen LogP contribution in [0.2, 0.25) is 0 Å². The van der Waals surface area contributed by atoms with Crippen LogP contribution in [0.25, 0.3) is 0 Å². The van der Waals surface area contributed by atoms with E-state index in [0.29, 0.717) is 0 Å². The fourth-order valence-corrected chi connectivity index (χ4v) is 0.567. The number of carboxylic acids is 2. The van der Waals surface area contributed by atoms with Gasteiger partial charge in [0.2, 0.25) is 0 Å². The average molecular weight is 158 g/mol. The van der Waals surface area contributed by atoms with Crippen molar-refractivity contribution < 1.29 is 19.8 Å². The standard InChI is InChI=1S/C7H10O4/c1-3-4-7(2,5(8)9)6(10)11/h3-4H,1-2H3,(H,8,9)(H,10,11)/b4-3+. The first kappa shape index (κ1) is 9.68. The summed E-state index contributed by atoms with van der Waals surface area (Å²) in [6.45, 7) is 2.71. The van der Waals surface area contributed by atoms with Gasteiger partial charge in [0.25, 0.3) is 0 Å². The highest BCUT2D eigenvalue weighted by atomic mass is 16.4. The van der Waals surface area contributed by atoms with Crippen LogP contribution in [0, 0.1) is 5.41 Å². The van der Waals surface area contributed by atoms with E-state index in [2.05, 4.69) is 0 Å². The first-order valence-corrected chi connectivity index (χ1v) is 3.05. The van der Waals surface area contributed by atoms with Crippen molar-refractivity contribution in [3.05, 3.63) is 12.2 Å². The van der Waals surface area contributed by atoms with Crippen molar-refractivity contribution in [3.63, 3.8) is 0 Å². The van der Waals surface area contributed by atoms with Crippen molar-refractivity contribution in [2.75, 3.05) is 0 Å². The molecule has 0 bridgehead atoms. The van der Waals surface area contributed by atoms with Gasteiger partial charge in [-0.05, 0) is 13.8 Å². The second kappa shape index (κ2) is 3.18. The van der Waals surface area contributed by atoms with Crippen molar-refractivity contribution in [1.82, 2.24) is 0 Å². The first-order chi connectivity index (χ1) is 4.95. The van der Waals surface area contributed by atoms with Crippen LogP contribution in [0.4, 0.5) is 0 Å². The summed E-state index contributed by atoms with van der Waals surface area (Å²) in [6.07, 6.45) is 2.54. The van der Waals surface area contributed by atoms with Crippen LogP contribution in [0.3, 0.4) is 0 Å². The van der Waals surface area contributed by atoms with Crippen molar-refractivity contribution in [2.24, 2.45) is 5.41 Å². The molecule has 4 nitrogen and oxygen atoms in total. The lowest BCUT2D eigenvalue weighted by Gasteiger charge is -2.13. The van der Waals surface area contributed by atoms with Crippen LogP contribution < -0.4 is 0 Å². The van der Waals surface area contributed by atoms with E-state index in [9.17, 15) is 9.59 Å². The third-order valence-corrected chi connectivity index (χ3v) is 1.39. The summed E-state index contributed by atoms with van der Waals surface area (Å²) in [5, 5.41) is 17.0. The Morgan fingerprint density at radius 1 is 1.27 bits per heavy atom. The minimum Gasteiger partial charge on any atom is -0.480 e. The number of rotatable bonds is 3. The van der Waals surface area contributed by atoms with E-state index in [-0.39, 0.29) is 0 Å². The van der Waals surface area contributed by atoms with E-state index in [0.717, 1.165) is 13.0 Å². The molecule has 0 unspecified atom stereocenters. The Morgan fingerprint density at radius 3 is 1.73 bits per heavy atom. The predicted octanol–water partition coefficient (Wildman–Crippen LogP) is 0.738. The van der Waals surface area contributed by atoms with Gasteiger partial charge in [0, 0.05) is 0 Å². The van der Waals surface area contributed by atoms with Crippen LogP contribution >= 0.6 is 0 Å². The predicted molar refractivity (Wildman–Crippen MR) is 38.2 cm³/mol. The molecule has 0 amide bonds. The molecule has 0 saturated heterocycles. The fourth-order valence-electron chi connectivity index (χ4n) is 0.567. The smallest absolute Gasteiger partial charge is 0.324 e. The maximum atomic E-state index is 10.4.